The quantitative estimate of drug-likeness (QED) is 0.839. The molecule has 0 spiro atoms. The van der Waals surface area contributed by atoms with Crippen LogP contribution in [0.5, 0.6) is 0 Å². The third-order valence-corrected chi connectivity index (χ3v) is 5.96. The Hall–Kier alpha value is -1.80. The van der Waals surface area contributed by atoms with Crippen molar-refractivity contribution in [1.82, 2.24) is 19.8 Å². The predicted molar refractivity (Wildman–Crippen MR) is 99.2 cm³/mol. The van der Waals surface area contributed by atoms with Gasteiger partial charge in [0, 0.05) is 19.6 Å². The molecule has 2 aromatic heterocycles. The second-order valence-electron chi connectivity index (χ2n) is 6.25. The first kappa shape index (κ1) is 18.0. The minimum atomic E-state index is -0.0321. The number of piperidine rings is 1. The minimum absolute atomic E-state index is 0.0321. The van der Waals surface area contributed by atoms with E-state index < -0.39 is 0 Å². The first-order chi connectivity index (χ1) is 12.2. The van der Waals surface area contributed by atoms with Crippen LogP contribution in [-0.4, -0.2) is 45.9 Å². The molecule has 1 fully saturated rings. The molecule has 2 aromatic rings. The molecule has 134 valence electrons. The minimum Gasteiger partial charge on any atom is -0.351 e. The van der Waals surface area contributed by atoms with Gasteiger partial charge in [0.25, 0.3) is 11.8 Å². The Bertz CT molecular complexity index is 714. The van der Waals surface area contributed by atoms with Crippen LogP contribution in [0.3, 0.4) is 0 Å². The lowest BCUT2D eigenvalue weighted by Crippen LogP contribution is -2.43. The van der Waals surface area contributed by atoms with Crippen LogP contribution in [0.25, 0.3) is 0 Å². The molecule has 0 saturated carbocycles. The van der Waals surface area contributed by atoms with E-state index in [1.807, 2.05) is 22.4 Å². The molecule has 6 nitrogen and oxygen atoms in total. The number of likely N-dealkylation sites (tertiary alicyclic amines) is 1. The van der Waals surface area contributed by atoms with E-state index in [-0.39, 0.29) is 17.7 Å². The van der Waals surface area contributed by atoms with Gasteiger partial charge in [0.2, 0.25) is 0 Å². The predicted octanol–water partition coefficient (Wildman–Crippen LogP) is 2.83. The van der Waals surface area contributed by atoms with E-state index in [2.05, 4.69) is 21.8 Å². The van der Waals surface area contributed by atoms with Crippen LogP contribution >= 0.6 is 22.9 Å². The number of aromatic nitrogens is 2. The fourth-order valence-electron chi connectivity index (χ4n) is 3.06. The SMILES string of the molecule is CCCc1nnsc1C(=O)N1CCC[C@@H](CNC(=O)c2cccs2)C1. The largest absolute Gasteiger partial charge is 0.351 e. The summed E-state index contributed by atoms with van der Waals surface area (Å²) in [6, 6.07) is 3.69. The molecule has 0 aliphatic carbocycles. The number of nitrogens with one attached hydrogen (secondary N) is 1. The first-order valence-electron chi connectivity index (χ1n) is 8.61. The zero-order chi connectivity index (χ0) is 17.6. The Labute approximate surface area is 155 Å². The maximum atomic E-state index is 12.8. The molecule has 1 N–H and O–H groups in total. The van der Waals surface area contributed by atoms with Crippen LogP contribution in [-0.2, 0) is 6.42 Å². The first-order valence-corrected chi connectivity index (χ1v) is 10.3. The van der Waals surface area contributed by atoms with E-state index in [4.69, 9.17) is 0 Å². The van der Waals surface area contributed by atoms with Crippen LogP contribution in [0.2, 0.25) is 0 Å². The molecule has 3 rings (SSSR count). The molecule has 0 unspecified atom stereocenters. The van der Waals surface area contributed by atoms with Crippen molar-refractivity contribution >= 4 is 34.7 Å². The van der Waals surface area contributed by atoms with Crippen molar-refractivity contribution in [3.05, 3.63) is 33.0 Å². The average molecular weight is 379 g/mol. The molecule has 25 heavy (non-hydrogen) atoms. The summed E-state index contributed by atoms with van der Waals surface area (Å²) in [4.78, 5) is 28.2. The van der Waals surface area contributed by atoms with Crippen molar-refractivity contribution in [2.75, 3.05) is 19.6 Å². The second-order valence-corrected chi connectivity index (χ2v) is 7.95. The van der Waals surface area contributed by atoms with Gasteiger partial charge < -0.3 is 10.2 Å². The Morgan fingerprint density at radius 3 is 3.08 bits per heavy atom. The monoisotopic (exact) mass is 378 g/mol. The molecule has 8 heteroatoms. The standard InChI is InChI=1S/C17H22N4O2S2/c1-2-5-13-15(25-20-19-13)17(23)21-8-3-6-12(11-21)10-18-16(22)14-7-4-9-24-14/h4,7,9,12H,2-3,5-6,8,10-11H2,1H3,(H,18,22)/t12-/m0/s1. The van der Waals surface area contributed by atoms with Crippen molar-refractivity contribution < 1.29 is 9.59 Å². The molecule has 2 amide bonds. The molecular weight excluding hydrogens is 356 g/mol. The van der Waals surface area contributed by atoms with Gasteiger partial charge in [-0.1, -0.05) is 23.9 Å². The molecule has 0 bridgehead atoms. The van der Waals surface area contributed by atoms with E-state index in [1.54, 1.807) is 0 Å². The Morgan fingerprint density at radius 1 is 1.44 bits per heavy atom. The van der Waals surface area contributed by atoms with E-state index >= 15 is 0 Å². The molecule has 1 saturated heterocycles. The normalized spacial score (nSPS) is 17.5. The zero-order valence-corrected chi connectivity index (χ0v) is 15.9. The van der Waals surface area contributed by atoms with Gasteiger partial charge in [-0.15, -0.1) is 16.4 Å². The molecule has 0 aromatic carbocycles. The maximum Gasteiger partial charge on any atom is 0.267 e. The average Bonchev–Trinajstić information content (AvgIpc) is 3.31. The summed E-state index contributed by atoms with van der Waals surface area (Å²) >= 11 is 2.63. The molecule has 3 heterocycles. The number of carbonyl (C=O) groups excluding carboxylic acids is 2. The highest BCUT2D eigenvalue weighted by Gasteiger charge is 2.27. The second kappa shape index (κ2) is 8.53. The smallest absolute Gasteiger partial charge is 0.267 e. The third kappa shape index (κ3) is 4.43. The number of nitrogens with zero attached hydrogens (tertiary/aromatic N) is 3. The molecule has 1 aliphatic rings. The van der Waals surface area contributed by atoms with Crippen molar-refractivity contribution in [2.45, 2.75) is 32.6 Å². The summed E-state index contributed by atoms with van der Waals surface area (Å²) in [6.45, 7) is 4.11. The number of aryl methyl sites for hydroxylation is 1. The highest BCUT2D eigenvalue weighted by atomic mass is 32.1. The number of thiophene rings is 1. The number of hydrogen-bond donors (Lipinski definition) is 1. The van der Waals surface area contributed by atoms with Gasteiger partial charge in [-0.25, -0.2) is 0 Å². The lowest BCUT2D eigenvalue weighted by Gasteiger charge is -2.32. The van der Waals surface area contributed by atoms with E-state index in [9.17, 15) is 9.59 Å². The Balaban J connectivity index is 1.56. The molecule has 0 radical (unpaired) electrons. The van der Waals surface area contributed by atoms with E-state index in [0.717, 1.165) is 42.8 Å². The maximum absolute atomic E-state index is 12.8. The van der Waals surface area contributed by atoms with E-state index in [0.29, 0.717) is 18.0 Å². The number of carbonyl (C=O) groups is 2. The van der Waals surface area contributed by atoms with Crippen molar-refractivity contribution in [2.24, 2.45) is 5.92 Å². The van der Waals surface area contributed by atoms with Crippen LogP contribution in [0.15, 0.2) is 17.5 Å². The van der Waals surface area contributed by atoms with Crippen LogP contribution in [0.1, 0.15) is 51.2 Å². The Kier molecular flexibility index (Phi) is 6.14. The molecule has 1 atom stereocenters. The summed E-state index contributed by atoms with van der Waals surface area (Å²) in [7, 11) is 0. The van der Waals surface area contributed by atoms with Gasteiger partial charge in [-0.05, 0) is 48.2 Å². The van der Waals surface area contributed by atoms with Gasteiger partial charge in [0.15, 0.2) is 0 Å². The van der Waals surface area contributed by atoms with Gasteiger partial charge in [0.1, 0.15) is 4.88 Å². The lowest BCUT2D eigenvalue weighted by atomic mass is 9.97. The highest BCUT2D eigenvalue weighted by Crippen LogP contribution is 2.21. The Morgan fingerprint density at radius 2 is 2.32 bits per heavy atom. The summed E-state index contributed by atoms with van der Waals surface area (Å²) < 4.78 is 3.95. The van der Waals surface area contributed by atoms with Gasteiger partial charge >= 0.3 is 0 Å². The van der Waals surface area contributed by atoms with Gasteiger partial charge in [-0.3, -0.25) is 9.59 Å². The topological polar surface area (TPSA) is 75.2 Å². The van der Waals surface area contributed by atoms with Crippen LogP contribution in [0, 0.1) is 5.92 Å². The fourth-order valence-corrected chi connectivity index (χ4v) is 4.38. The fraction of sp³-hybridized carbons (Fsp3) is 0.529. The number of rotatable bonds is 6. The van der Waals surface area contributed by atoms with Crippen molar-refractivity contribution in [3.8, 4) is 0 Å². The van der Waals surface area contributed by atoms with Crippen molar-refractivity contribution in [3.63, 3.8) is 0 Å². The summed E-state index contributed by atoms with van der Waals surface area (Å²) in [6.07, 6.45) is 3.71. The zero-order valence-electron chi connectivity index (χ0n) is 14.2. The van der Waals surface area contributed by atoms with Crippen LogP contribution < -0.4 is 5.32 Å². The van der Waals surface area contributed by atoms with Gasteiger partial charge in [0.05, 0.1) is 10.6 Å². The summed E-state index contributed by atoms with van der Waals surface area (Å²) in [5.41, 5.74) is 0.811. The summed E-state index contributed by atoms with van der Waals surface area (Å²) in [5, 5.41) is 8.98. The number of amides is 2. The van der Waals surface area contributed by atoms with Crippen LogP contribution in [0.4, 0.5) is 0 Å². The van der Waals surface area contributed by atoms with Crippen molar-refractivity contribution in [1.29, 1.82) is 0 Å². The molecular formula is C17H22N4O2S2. The summed E-state index contributed by atoms with van der Waals surface area (Å²) in [5.74, 6) is 0.292. The van der Waals surface area contributed by atoms with E-state index in [1.165, 1.54) is 22.9 Å². The number of hydrogen-bond acceptors (Lipinski definition) is 6. The lowest BCUT2D eigenvalue weighted by molar-refractivity contribution is 0.0674. The highest BCUT2D eigenvalue weighted by molar-refractivity contribution is 7.12. The molecule has 1 aliphatic heterocycles. The van der Waals surface area contributed by atoms with Gasteiger partial charge in [-0.2, -0.15) is 0 Å². The third-order valence-electron chi connectivity index (χ3n) is 4.34.